The molecule has 0 aliphatic heterocycles. The van der Waals surface area contributed by atoms with Gasteiger partial charge in [-0.05, 0) is 123 Å². The fourth-order valence-corrected chi connectivity index (χ4v) is 6.71. The molecule has 0 amide bonds. The van der Waals surface area contributed by atoms with Gasteiger partial charge >= 0.3 is 0 Å². The second-order valence-electron chi connectivity index (χ2n) is 13.5. The van der Waals surface area contributed by atoms with Gasteiger partial charge in [-0.15, -0.1) is 15.3 Å². The van der Waals surface area contributed by atoms with Gasteiger partial charge < -0.3 is 16.0 Å². The Bertz CT molecular complexity index is 1560. The molecule has 8 heteroatoms. The summed E-state index contributed by atoms with van der Waals surface area (Å²) in [6, 6.07) is 17.9. The molecule has 0 saturated heterocycles. The minimum atomic E-state index is 0.288. The quantitative estimate of drug-likeness (QED) is 0.188. The molecule has 0 spiro atoms. The van der Waals surface area contributed by atoms with E-state index >= 15 is 0 Å². The van der Waals surface area contributed by atoms with E-state index < -0.39 is 0 Å². The molecule has 0 fully saturated rings. The van der Waals surface area contributed by atoms with E-state index in [0.29, 0.717) is 17.8 Å². The lowest BCUT2D eigenvalue weighted by Crippen LogP contribution is -2.38. The number of aryl methyl sites for hydroxylation is 4. The predicted molar refractivity (Wildman–Crippen MR) is 179 cm³/mol. The highest BCUT2D eigenvalue weighted by molar-refractivity contribution is 5.68. The van der Waals surface area contributed by atoms with Crippen molar-refractivity contribution in [2.45, 2.75) is 91.5 Å². The lowest BCUT2D eigenvalue weighted by atomic mass is 10.0. The maximum absolute atomic E-state index is 6.35. The van der Waals surface area contributed by atoms with Crippen molar-refractivity contribution >= 4 is 17.6 Å². The van der Waals surface area contributed by atoms with E-state index in [-0.39, 0.29) is 5.95 Å². The van der Waals surface area contributed by atoms with Crippen molar-refractivity contribution in [1.29, 1.82) is 0 Å². The molecular weight excluding hydrogens is 544 g/mol. The highest BCUT2D eigenvalue weighted by Crippen LogP contribution is 2.32. The van der Waals surface area contributed by atoms with E-state index in [2.05, 4.69) is 107 Å². The van der Waals surface area contributed by atoms with Crippen LogP contribution in [0, 0.1) is 11.8 Å². The molecule has 1 atom stereocenters. The first kappa shape index (κ1) is 30.3. The van der Waals surface area contributed by atoms with Crippen LogP contribution in [0.5, 0.6) is 0 Å². The predicted octanol–water partition coefficient (Wildman–Crippen LogP) is 7.18. The first-order chi connectivity index (χ1) is 21.3. The van der Waals surface area contributed by atoms with Crippen LogP contribution in [0.4, 0.5) is 17.6 Å². The number of nitrogen functional groups attached to an aromatic ring is 1. The number of hydrogen-bond acceptors (Lipinski definition) is 7. The van der Waals surface area contributed by atoms with Crippen molar-refractivity contribution in [2.75, 3.05) is 24.1 Å². The molecule has 8 nitrogen and oxygen atoms in total. The van der Waals surface area contributed by atoms with Gasteiger partial charge in [0, 0.05) is 17.3 Å². The van der Waals surface area contributed by atoms with Gasteiger partial charge in [-0.25, -0.2) is 0 Å². The van der Waals surface area contributed by atoms with Gasteiger partial charge in [-0.3, -0.25) is 0 Å². The number of benzene rings is 2. The van der Waals surface area contributed by atoms with Crippen LogP contribution in [0.25, 0.3) is 17.1 Å². The van der Waals surface area contributed by atoms with Crippen molar-refractivity contribution in [1.82, 2.24) is 29.9 Å². The highest BCUT2D eigenvalue weighted by Gasteiger charge is 2.23. The van der Waals surface area contributed by atoms with E-state index in [4.69, 9.17) is 5.73 Å². The SMILES string of the molecule is CC(C)CCN(CCC(C)C)[C@H]1CCc2ccc(Nc3nc(N)n(-c4cc5c(nn4)-c4ccccc4CCC5)n3)cc2CC1. The zero-order valence-electron chi connectivity index (χ0n) is 26.9. The van der Waals surface area contributed by atoms with Crippen LogP contribution in [-0.2, 0) is 25.7 Å². The molecule has 0 saturated carbocycles. The minimum Gasteiger partial charge on any atom is -0.368 e. The van der Waals surface area contributed by atoms with E-state index in [1.165, 1.54) is 66.6 Å². The van der Waals surface area contributed by atoms with Crippen molar-refractivity contribution < 1.29 is 0 Å². The van der Waals surface area contributed by atoms with Gasteiger partial charge in [0.05, 0.1) is 5.69 Å². The molecule has 0 bridgehead atoms. The van der Waals surface area contributed by atoms with Crippen LogP contribution in [0.15, 0.2) is 48.5 Å². The van der Waals surface area contributed by atoms with Crippen molar-refractivity contribution in [3.63, 3.8) is 0 Å². The van der Waals surface area contributed by atoms with Crippen LogP contribution in [-0.4, -0.2) is 49.0 Å². The summed E-state index contributed by atoms with van der Waals surface area (Å²) in [5.74, 6) is 2.82. The number of nitrogens with two attached hydrogens (primary N) is 1. The molecular formula is C36H48N8. The number of fused-ring (bicyclic) bond motifs is 4. The standard InChI is InChI=1S/C36H48N8/c1-24(2)18-20-43(21-19-25(3)4)31-16-13-26-12-15-30(22-28(26)14-17-31)38-36-39-35(37)44(42-36)33-23-29-10-7-9-27-8-5-6-11-32(27)34(29)41-40-33/h5-6,8,11-12,15,22-25,31H,7,9-10,13-14,16-21H2,1-4H3,(H3,37,38,39,42)/t31-/m0/s1. The smallest absolute Gasteiger partial charge is 0.248 e. The Labute approximate surface area is 262 Å². The third-order valence-electron chi connectivity index (χ3n) is 9.33. The van der Waals surface area contributed by atoms with Gasteiger partial charge in [0.2, 0.25) is 11.9 Å². The molecule has 3 N–H and O–H groups in total. The van der Waals surface area contributed by atoms with Crippen LogP contribution < -0.4 is 11.1 Å². The minimum absolute atomic E-state index is 0.288. The van der Waals surface area contributed by atoms with Crippen molar-refractivity contribution in [3.05, 3.63) is 70.8 Å². The van der Waals surface area contributed by atoms with Crippen LogP contribution in [0.3, 0.4) is 0 Å². The Morgan fingerprint density at radius 1 is 0.841 bits per heavy atom. The first-order valence-corrected chi connectivity index (χ1v) is 16.6. The molecule has 4 aromatic rings. The van der Waals surface area contributed by atoms with Crippen molar-refractivity contribution in [2.24, 2.45) is 11.8 Å². The third-order valence-corrected chi connectivity index (χ3v) is 9.33. The van der Waals surface area contributed by atoms with Gasteiger partial charge in [0.25, 0.3) is 0 Å². The van der Waals surface area contributed by atoms with Gasteiger partial charge in [0.1, 0.15) is 0 Å². The molecule has 6 rings (SSSR count). The summed E-state index contributed by atoms with van der Waals surface area (Å²) < 4.78 is 1.59. The number of rotatable bonds is 10. The van der Waals surface area contributed by atoms with Gasteiger partial charge in [0.15, 0.2) is 5.82 Å². The van der Waals surface area contributed by atoms with E-state index in [1.807, 2.05) is 0 Å². The van der Waals surface area contributed by atoms with Crippen LogP contribution in [0.1, 0.15) is 82.1 Å². The molecule has 2 heterocycles. The summed E-state index contributed by atoms with van der Waals surface area (Å²) >= 11 is 0. The Morgan fingerprint density at radius 3 is 2.34 bits per heavy atom. The number of nitrogens with zero attached hydrogens (tertiary/aromatic N) is 6. The fourth-order valence-electron chi connectivity index (χ4n) is 6.71. The second kappa shape index (κ2) is 13.5. The van der Waals surface area contributed by atoms with Gasteiger partial charge in [-0.2, -0.15) is 9.67 Å². The molecule has 44 heavy (non-hydrogen) atoms. The lowest BCUT2D eigenvalue weighted by molar-refractivity contribution is 0.162. The van der Waals surface area contributed by atoms with Crippen LogP contribution in [0.2, 0.25) is 0 Å². The van der Waals surface area contributed by atoms with Crippen molar-refractivity contribution in [3.8, 4) is 17.1 Å². The number of nitrogens with one attached hydrogen (secondary N) is 1. The monoisotopic (exact) mass is 592 g/mol. The number of aromatic nitrogens is 5. The second-order valence-corrected chi connectivity index (χ2v) is 13.5. The van der Waals surface area contributed by atoms with E-state index in [9.17, 15) is 0 Å². The van der Waals surface area contributed by atoms with E-state index in [1.54, 1.807) is 4.68 Å². The summed E-state index contributed by atoms with van der Waals surface area (Å²) in [5.41, 5.74) is 14.8. The zero-order chi connectivity index (χ0) is 30.6. The summed E-state index contributed by atoms with van der Waals surface area (Å²) in [6.07, 6.45) is 10.2. The normalized spacial score (nSPS) is 16.4. The first-order valence-electron chi connectivity index (χ1n) is 16.6. The average molecular weight is 593 g/mol. The summed E-state index contributed by atoms with van der Waals surface area (Å²) in [6.45, 7) is 11.8. The summed E-state index contributed by atoms with van der Waals surface area (Å²) in [7, 11) is 0. The van der Waals surface area contributed by atoms with Gasteiger partial charge in [-0.1, -0.05) is 58.0 Å². The van der Waals surface area contributed by atoms with E-state index in [0.717, 1.165) is 55.3 Å². The summed E-state index contributed by atoms with van der Waals surface area (Å²) in [5, 5.41) is 17.2. The molecule has 2 aliphatic rings. The lowest BCUT2D eigenvalue weighted by Gasteiger charge is -2.32. The fraction of sp³-hybridized carbons (Fsp3) is 0.500. The molecule has 0 radical (unpaired) electrons. The third kappa shape index (κ3) is 6.96. The topological polar surface area (TPSA) is 97.8 Å². The highest BCUT2D eigenvalue weighted by atomic mass is 15.4. The molecule has 232 valence electrons. The Hall–Kier alpha value is -3.78. The average Bonchev–Trinajstić information content (AvgIpc) is 3.15. The maximum Gasteiger partial charge on any atom is 0.248 e. The molecule has 2 aromatic carbocycles. The Morgan fingerprint density at radius 2 is 1.57 bits per heavy atom. The molecule has 2 aromatic heterocycles. The Kier molecular flexibility index (Phi) is 9.26. The zero-order valence-corrected chi connectivity index (χ0v) is 26.9. The Balaban J connectivity index is 1.15. The largest absolute Gasteiger partial charge is 0.368 e. The maximum atomic E-state index is 6.35. The summed E-state index contributed by atoms with van der Waals surface area (Å²) in [4.78, 5) is 7.31. The molecule has 2 aliphatic carbocycles. The number of anilines is 3. The van der Waals surface area contributed by atoms with Crippen LogP contribution >= 0.6 is 0 Å². The molecule has 0 unspecified atom stereocenters. The number of hydrogen-bond donors (Lipinski definition) is 2.